The molecule has 0 saturated heterocycles. The Hall–Kier alpha value is -4.31. The lowest BCUT2D eigenvalue weighted by Crippen LogP contribution is -2.48. The van der Waals surface area contributed by atoms with Crippen molar-refractivity contribution in [3.63, 3.8) is 0 Å². The van der Waals surface area contributed by atoms with Crippen LogP contribution in [0.25, 0.3) is 0 Å². The lowest BCUT2D eigenvalue weighted by molar-refractivity contribution is -0.115. The lowest BCUT2D eigenvalue weighted by atomic mass is 10.1. The molecular formula is C26H27ClN6O4. The Morgan fingerprint density at radius 1 is 1.08 bits per heavy atom. The van der Waals surface area contributed by atoms with Gasteiger partial charge in [0.1, 0.15) is 12.0 Å². The molecule has 1 N–H and O–H groups in total. The average molecular weight is 523 g/mol. The first-order valence-electron chi connectivity index (χ1n) is 11.4. The molecule has 1 heterocycles. The molecule has 11 heteroatoms. The smallest absolute Gasteiger partial charge is 0.323 e. The van der Waals surface area contributed by atoms with Crippen molar-refractivity contribution in [2.45, 2.75) is 26.8 Å². The SMILES string of the molecule is Cc1ccc(CN(C=O)C(=Nc2ccc(Oc3ccc(Cl)nn3)c(C)c2)NC(=O)N(C)CCC=O)cc1. The molecule has 192 valence electrons. The summed E-state index contributed by atoms with van der Waals surface area (Å²) in [6.07, 6.45) is 1.53. The van der Waals surface area contributed by atoms with Crippen LogP contribution >= 0.6 is 11.6 Å². The Bertz CT molecular complexity index is 1270. The van der Waals surface area contributed by atoms with Crippen molar-refractivity contribution in [2.24, 2.45) is 4.99 Å². The Kier molecular flexibility index (Phi) is 9.68. The van der Waals surface area contributed by atoms with Crippen LogP contribution in [-0.4, -0.2) is 58.3 Å². The fourth-order valence-electron chi connectivity index (χ4n) is 3.17. The molecular weight excluding hydrogens is 496 g/mol. The van der Waals surface area contributed by atoms with Crippen molar-refractivity contribution in [1.82, 2.24) is 25.3 Å². The summed E-state index contributed by atoms with van der Waals surface area (Å²) in [5, 5.41) is 10.6. The predicted octanol–water partition coefficient (Wildman–Crippen LogP) is 4.42. The molecule has 10 nitrogen and oxygen atoms in total. The molecule has 0 aliphatic heterocycles. The Labute approximate surface area is 219 Å². The number of aliphatic imine (C=N–C) groups is 1. The molecule has 1 aromatic heterocycles. The summed E-state index contributed by atoms with van der Waals surface area (Å²) in [4.78, 5) is 42.7. The molecule has 3 rings (SSSR count). The highest BCUT2D eigenvalue weighted by Crippen LogP contribution is 2.27. The molecule has 0 fully saturated rings. The molecule has 3 amide bonds. The van der Waals surface area contributed by atoms with Gasteiger partial charge in [0.15, 0.2) is 5.15 Å². The summed E-state index contributed by atoms with van der Waals surface area (Å²) in [7, 11) is 1.55. The molecule has 0 spiro atoms. The number of amides is 3. The number of hydrogen-bond donors (Lipinski definition) is 1. The second kappa shape index (κ2) is 13.1. The van der Waals surface area contributed by atoms with Crippen LogP contribution < -0.4 is 10.1 Å². The topological polar surface area (TPSA) is 117 Å². The van der Waals surface area contributed by atoms with E-state index in [0.717, 1.165) is 23.0 Å². The molecule has 0 bridgehead atoms. The van der Waals surface area contributed by atoms with Crippen molar-refractivity contribution >= 4 is 42.0 Å². The molecule has 0 unspecified atom stereocenters. The van der Waals surface area contributed by atoms with Crippen LogP contribution in [0.3, 0.4) is 0 Å². The first-order valence-corrected chi connectivity index (χ1v) is 11.8. The van der Waals surface area contributed by atoms with Crippen LogP contribution in [0.15, 0.2) is 59.6 Å². The van der Waals surface area contributed by atoms with Gasteiger partial charge in [-0.25, -0.2) is 9.79 Å². The van der Waals surface area contributed by atoms with Gasteiger partial charge in [0.05, 0.1) is 12.2 Å². The minimum absolute atomic E-state index is 0.0372. The number of aryl methyl sites for hydroxylation is 2. The normalized spacial score (nSPS) is 11.0. The largest absolute Gasteiger partial charge is 0.437 e. The first-order chi connectivity index (χ1) is 17.8. The monoisotopic (exact) mass is 522 g/mol. The van der Waals surface area contributed by atoms with Crippen LogP contribution in [0.5, 0.6) is 11.6 Å². The maximum atomic E-state index is 12.7. The number of hydrogen-bond acceptors (Lipinski definition) is 7. The third-order valence-electron chi connectivity index (χ3n) is 5.24. The quantitative estimate of drug-likeness (QED) is 0.252. The van der Waals surface area contributed by atoms with Gasteiger partial charge < -0.3 is 14.4 Å². The van der Waals surface area contributed by atoms with Gasteiger partial charge in [-0.15, -0.1) is 10.2 Å². The summed E-state index contributed by atoms with van der Waals surface area (Å²) < 4.78 is 5.76. The number of ether oxygens (including phenoxy) is 1. The van der Waals surface area contributed by atoms with E-state index in [1.165, 1.54) is 9.80 Å². The zero-order valence-corrected chi connectivity index (χ0v) is 21.5. The number of aromatic nitrogens is 2. The molecule has 0 atom stereocenters. The summed E-state index contributed by atoms with van der Waals surface area (Å²) in [5.41, 5.74) is 3.16. The maximum absolute atomic E-state index is 12.7. The molecule has 0 aliphatic carbocycles. The Morgan fingerprint density at radius 2 is 1.84 bits per heavy atom. The molecule has 0 saturated carbocycles. The van der Waals surface area contributed by atoms with Gasteiger partial charge in [0, 0.05) is 26.1 Å². The molecule has 0 radical (unpaired) electrons. The van der Waals surface area contributed by atoms with Gasteiger partial charge in [-0.1, -0.05) is 41.4 Å². The molecule has 3 aromatic rings. The fraction of sp³-hybridized carbons (Fsp3) is 0.231. The highest BCUT2D eigenvalue weighted by atomic mass is 35.5. The Balaban J connectivity index is 1.88. The van der Waals surface area contributed by atoms with E-state index >= 15 is 0 Å². The van der Waals surface area contributed by atoms with E-state index < -0.39 is 6.03 Å². The van der Waals surface area contributed by atoms with Gasteiger partial charge in [0.25, 0.3) is 0 Å². The fourth-order valence-corrected chi connectivity index (χ4v) is 3.27. The third-order valence-corrected chi connectivity index (χ3v) is 5.44. The van der Waals surface area contributed by atoms with E-state index in [1.54, 1.807) is 37.4 Å². The minimum atomic E-state index is -0.505. The third kappa shape index (κ3) is 8.11. The highest BCUT2D eigenvalue weighted by Gasteiger charge is 2.18. The predicted molar refractivity (Wildman–Crippen MR) is 140 cm³/mol. The van der Waals surface area contributed by atoms with E-state index in [4.69, 9.17) is 16.3 Å². The summed E-state index contributed by atoms with van der Waals surface area (Å²) in [6.45, 7) is 4.21. The zero-order valence-electron chi connectivity index (χ0n) is 20.7. The number of aldehydes is 1. The lowest BCUT2D eigenvalue weighted by Gasteiger charge is -2.23. The van der Waals surface area contributed by atoms with Crippen LogP contribution in [-0.2, 0) is 16.1 Å². The number of urea groups is 1. The van der Waals surface area contributed by atoms with E-state index in [-0.39, 0.29) is 36.5 Å². The first kappa shape index (κ1) is 27.3. The number of guanidine groups is 1. The van der Waals surface area contributed by atoms with Gasteiger partial charge in [-0.3, -0.25) is 15.0 Å². The summed E-state index contributed by atoms with van der Waals surface area (Å²) >= 11 is 5.77. The average Bonchev–Trinajstić information content (AvgIpc) is 2.89. The van der Waals surface area contributed by atoms with E-state index in [0.29, 0.717) is 17.8 Å². The number of carbonyl (C=O) groups excluding carboxylic acids is 3. The number of rotatable bonds is 9. The number of carbonyl (C=O) groups is 3. The van der Waals surface area contributed by atoms with Crippen molar-refractivity contribution in [3.05, 3.63) is 76.4 Å². The van der Waals surface area contributed by atoms with Crippen molar-refractivity contribution in [2.75, 3.05) is 13.6 Å². The van der Waals surface area contributed by atoms with Gasteiger partial charge in [-0.05, 0) is 49.2 Å². The van der Waals surface area contributed by atoms with Crippen LogP contribution in [0.4, 0.5) is 10.5 Å². The van der Waals surface area contributed by atoms with Gasteiger partial charge in [-0.2, -0.15) is 0 Å². The summed E-state index contributed by atoms with van der Waals surface area (Å²) in [6, 6.07) is 15.5. The number of nitrogens with zero attached hydrogens (tertiary/aromatic N) is 5. The molecule has 37 heavy (non-hydrogen) atoms. The van der Waals surface area contributed by atoms with E-state index in [9.17, 15) is 14.4 Å². The van der Waals surface area contributed by atoms with Crippen molar-refractivity contribution < 1.29 is 19.1 Å². The van der Waals surface area contributed by atoms with E-state index in [2.05, 4.69) is 20.5 Å². The van der Waals surface area contributed by atoms with Crippen LogP contribution in [0.2, 0.25) is 5.15 Å². The van der Waals surface area contributed by atoms with Crippen molar-refractivity contribution in [1.29, 1.82) is 0 Å². The van der Waals surface area contributed by atoms with Gasteiger partial charge in [0.2, 0.25) is 18.2 Å². The number of nitrogens with one attached hydrogen (secondary N) is 1. The van der Waals surface area contributed by atoms with Crippen LogP contribution in [0, 0.1) is 13.8 Å². The van der Waals surface area contributed by atoms with Crippen LogP contribution in [0.1, 0.15) is 23.1 Å². The standard InChI is InChI=1S/C26H27ClN6O4/c1-18-5-7-20(8-6-18)16-33(17-35)25(29-26(36)32(3)13-4-14-34)28-21-9-10-22(19(2)15-21)37-24-12-11-23(27)30-31-24/h5-12,14-15,17H,4,13,16H2,1-3H3,(H,28,29,36). The maximum Gasteiger partial charge on any atom is 0.323 e. The molecule has 0 aliphatic rings. The number of halogens is 1. The zero-order chi connectivity index (χ0) is 26.8. The highest BCUT2D eigenvalue weighted by molar-refractivity contribution is 6.29. The van der Waals surface area contributed by atoms with Crippen molar-refractivity contribution in [3.8, 4) is 11.6 Å². The summed E-state index contributed by atoms with van der Waals surface area (Å²) in [5.74, 6) is 0.845. The minimum Gasteiger partial charge on any atom is -0.437 e. The Morgan fingerprint density at radius 3 is 2.46 bits per heavy atom. The molecule has 2 aromatic carbocycles. The van der Waals surface area contributed by atoms with E-state index in [1.807, 2.05) is 38.1 Å². The second-order valence-corrected chi connectivity index (χ2v) is 8.59. The van der Waals surface area contributed by atoms with Gasteiger partial charge >= 0.3 is 6.03 Å². The second-order valence-electron chi connectivity index (χ2n) is 8.21. The number of benzene rings is 2.